The number of hydrogen-bond donors (Lipinski definition) is 4. The van der Waals surface area contributed by atoms with Gasteiger partial charge >= 0.3 is 5.97 Å². The van der Waals surface area contributed by atoms with Crippen molar-refractivity contribution in [1.29, 1.82) is 0 Å². The van der Waals surface area contributed by atoms with E-state index in [9.17, 15) is 9.90 Å². The molecule has 100 valence electrons. The SMILES string of the molecule is CNC1=C(N)C=NC(C(=O)O)(N2CCOCC2)N1. The van der Waals surface area contributed by atoms with Gasteiger partial charge in [0.05, 0.1) is 25.1 Å². The summed E-state index contributed by atoms with van der Waals surface area (Å²) in [6.07, 6.45) is 1.37. The lowest BCUT2D eigenvalue weighted by atomic mass is 10.2. The van der Waals surface area contributed by atoms with Gasteiger partial charge in [-0.15, -0.1) is 0 Å². The first-order valence-corrected chi connectivity index (χ1v) is 5.67. The molecule has 2 heterocycles. The quantitative estimate of drug-likeness (QED) is 0.465. The minimum absolute atomic E-state index is 0.377. The monoisotopic (exact) mass is 255 g/mol. The van der Waals surface area contributed by atoms with E-state index < -0.39 is 11.8 Å². The van der Waals surface area contributed by atoms with Crippen LogP contribution in [0, 0.1) is 0 Å². The van der Waals surface area contributed by atoms with Gasteiger partial charge < -0.3 is 26.2 Å². The number of aliphatic imine (C=N–C) groups is 1. The number of rotatable bonds is 3. The second-order valence-electron chi connectivity index (χ2n) is 4.04. The van der Waals surface area contributed by atoms with Crippen molar-refractivity contribution in [3.8, 4) is 0 Å². The molecule has 0 aromatic heterocycles. The molecule has 1 atom stereocenters. The maximum absolute atomic E-state index is 11.6. The smallest absolute Gasteiger partial charge is 0.369 e. The third-order valence-electron chi connectivity index (χ3n) is 3.00. The molecule has 0 radical (unpaired) electrons. The molecule has 1 saturated heterocycles. The summed E-state index contributed by atoms with van der Waals surface area (Å²) in [5.74, 6) is -2.12. The third-order valence-corrected chi connectivity index (χ3v) is 3.00. The van der Waals surface area contributed by atoms with Gasteiger partial charge in [0.25, 0.3) is 5.79 Å². The highest BCUT2D eigenvalue weighted by atomic mass is 16.5. The van der Waals surface area contributed by atoms with E-state index in [0.717, 1.165) is 0 Å². The number of carboxylic acids is 1. The Morgan fingerprint density at radius 3 is 2.89 bits per heavy atom. The van der Waals surface area contributed by atoms with Crippen LogP contribution in [-0.2, 0) is 9.53 Å². The molecule has 2 aliphatic rings. The first kappa shape index (κ1) is 12.7. The summed E-state index contributed by atoms with van der Waals surface area (Å²) in [5, 5.41) is 15.2. The van der Waals surface area contributed by atoms with Crippen molar-refractivity contribution in [2.45, 2.75) is 5.79 Å². The topological polar surface area (TPSA) is 112 Å². The molecule has 1 fully saturated rings. The molecule has 0 aromatic rings. The minimum atomic E-state index is -1.51. The van der Waals surface area contributed by atoms with Gasteiger partial charge in [0.2, 0.25) is 0 Å². The molecule has 0 aliphatic carbocycles. The Balaban J connectivity index is 2.30. The Kier molecular flexibility index (Phi) is 3.39. The maximum atomic E-state index is 11.6. The Bertz CT molecular complexity index is 402. The van der Waals surface area contributed by atoms with Crippen LogP contribution in [0.5, 0.6) is 0 Å². The van der Waals surface area contributed by atoms with Crippen LogP contribution >= 0.6 is 0 Å². The van der Waals surface area contributed by atoms with Gasteiger partial charge in [-0.05, 0) is 0 Å². The van der Waals surface area contributed by atoms with Crippen LogP contribution < -0.4 is 16.4 Å². The normalized spacial score (nSPS) is 28.9. The minimum Gasteiger partial charge on any atom is -0.477 e. The second-order valence-corrected chi connectivity index (χ2v) is 4.04. The fourth-order valence-electron chi connectivity index (χ4n) is 2.00. The molecule has 1 unspecified atom stereocenters. The van der Waals surface area contributed by atoms with E-state index in [2.05, 4.69) is 15.6 Å². The summed E-state index contributed by atoms with van der Waals surface area (Å²) in [5.41, 5.74) is 6.09. The molecule has 18 heavy (non-hydrogen) atoms. The summed E-state index contributed by atoms with van der Waals surface area (Å²) in [6, 6.07) is 0. The number of hydrogen-bond acceptors (Lipinski definition) is 7. The zero-order valence-electron chi connectivity index (χ0n) is 10.1. The molecular weight excluding hydrogens is 238 g/mol. The van der Waals surface area contributed by atoms with E-state index in [-0.39, 0.29) is 0 Å². The fraction of sp³-hybridized carbons (Fsp3) is 0.600. The van der Waals surface area contributed by atoms with Crippen molar-refractivity contribution < 1.29 is 14.6 Å². The highest BCUT2D eigenvalue weighted by molar-refractivity contribution is 5.87. The molecule has 0 bridgehead atoms. The number of nitrogens with one attached hydrogen (secondary N) is 2. The average Bonchev–Trinajstić information content (AvgIpc) is 2.40. The van der Waals surface area contributed by atoms with E-state index in [1.54, 1.807) is 11.9 Å². The predicted molar refractivity (Wildman–Crippen MR) is 64.7 cm³/mol. The van der Waals surface area contributed by atoms with E-state index in [1.807, 2.05) is 0 Å². The number of nitrogens with zero attached hydrogens (tertiary/aromatic N) is 2. The standard InChI is InChI=1S/C10H17N5O3/c1-12-8-7(11)6-13-10(14-8,9(16)17)15-2-4-18-5-3-15/h6,12,14H,2-5,11H2,1H3,(H,16,17). The van der Waals surface area contributed by atoms with Gasteiger partial charge in [-0.3, -0.25) is 0 Å². The molecule has 0 amide bonds. The van der Waals surface area contributed by atoms with Crippen molar-refractivity contribution in [3.05, 3.63) is 11.5 Å². The van der Waals surface area contributed by atoms with Crippen molar-refractivity contribution in [1.82, 2.24) is 15.5 Å². The summed E-state index contributed by atoms with van der Waals surface area (Å²) < 4.78 is 5.22. The van der Waals surface area contributed by atoms with Crippen LogP contribution in [0.3, 0.4) is 0 Å². The summed E-state index contributed by atoms with van der Waals surface area (Å²) >= 11 is 0. The van der Waals surface area contributed by atoms with E-state index in [4.69, 9.17) is 10.5 Å². The van der Waals surface area contributed by atoms with Gasteiger partial charge in [0, 0.05) is 20.1 Å². The second kappa shape index (κ2) is 4.83. The Morgan fingerprint density at radius 1 is 1.67 bits per heavy atom. The zero-order chi connectivity index (χ0) is 13.2. The van der Waals surface area contributed by atoms with Crippen LogP contribution in [0.15, 0.2) is 16.5 Å². The number of ether oxygens (including phenoxy) is 1. The van der Waals surface area contributed by atoms with Crippen LogP contribution in [0.4, 0.5) is 0 Å². The number of nitrogens with two attached hydrogens (primary N) is 1. The third kappa shape index (κ3) is 2.00. The predicted octanol–water partition coefficient (Wildman–Crippen LogP) is -1.92. The molecule has 8 heteroatoms. The number of aliphatic carboxylic acids is 1. The van der Waals surface area contributed by atoms with Gasteiger partial charge in [-0.1, -0.05) is 0 Å². The number of carbonyl (C=O) groups is 1. The lowest BCUT2D eigenvalue weighted by molar-refractivity contribution is -0.157. The molecule has 5 N–H and O–H groups in total. The molecular formula is C10H17N5O3. The number of carboxylic acid groups (broad SMARTS) is 1. The van der Waals surface area contributed by atoms with Crippen LogP contribution in [0.2, 0.25) is 0 Å². The van der Waals surface area contributed by atoms with Crippen molar-refractivity contribution in [2.75, 3.05) is 33.4 Å². The maximum Gasteiger partial charge on any atom is 0.369 e. The first-order chi connectivity index (χ1) is 8.60. The Labute approximate surface area is 104 Å². The van der Waals surface area contributed by atoms with Crippen molar-refractivity contribution in [3.63, 3.8) is 0 Å². The summed E-state index contributed by atoms with van der Waals surface area (Å²) in [4.78, 5) is 17.4. The highest BCUT2D eigenvalue weighted by Crippen LogP contribution is 2.20. The molecule has 0 spiro atoms. The molecule has 0 aromatic carbocycles. The molecule has 2 aliphatic heterocycles. The summed E-state index contributed by atoms with van der Waals surface area (Å²) in [7, 11) is 1.67. The number of allylic oxidation sites excluding steroid dienone is 1. The van der Waals surface area contributed by atoms with Crippen LogP contribution in [-0.4, -0.2) is 61.3 Å². The van der Waals surface area contributed by atoms with Crippen molar-refractivity contribution >= 4 is 12.2 Å². The van der Waals surface area contributed by atoms with Crippen LogP contribution in [0.25, 0.3) is 0 Å². The van der Waals surface area contributed by atoms with Gasteiger partial charge in [0.1, 0.15) is 5.82 Å². The Morgan fingerprint density at radius 2 is 2.33 bits per heavy atom. The molecule has 2 rings (SSSR count). The average molecular weight is 255 g/mol. The van der Waals surface area contributed by atoms with Crippen LogP contribution in [0.1, 0.15) is 0 Å². The zero-order valence-corrected chi connectivity index (χ0v) is 10.1. The lowest BCUT2D eigenvalue weighted by Gasteiger charge is -2.42. The Hall–Kier alpha value is -1.80. The molecule has 8 nitrogen and oxygen atoms in total. The first-order valence-electron chi connectivity index (χ1n) is 5.67. The highest BCUT2D eigenvalue weighted by Gasteiger charge is 2.47. The fourth-order valence-corrected chi connectivity index (χ4v) is 2.00. The largest absolute Gasteiger partial charge is 0.477 e. The van der Waals surface area contributed by atoms with E-state index in [1.165, 1.54) is 6.21 Å². The van der Waals surface area contributed by atoms with E-state index >= 15 is 0 Å². The van der Waals surface area contributed by atoms with Gasteiger partial charge in [-0.2, -0.15) is 0 Å². The number of morpholine rings is 1. The molecule has 0 saturated carbocycles. The van der Waals surface area contributed by atoms with Gasteiger partial charge in [-0.25, -0.2) is 14.7 Å². The van der Waals surface area contributed by atoms with Crippen molar-refractivity contribution in [2.24, 2.45) is 10.7 Å². The summed E-state index contributed by atoms with van der Waals surface area (Å²) in [6.45, 7) is 1.96. The lowest BCUT2D eigenvalue weighted by Crippen LogP contribution is -2.67. The van der Waals surface area contributed by atoms with E-state index in [0.29, 0.717) is 37.8 Å². The van der Waals surface area contributed by atoms with Gasteiger partial charge in [0.15, 0.2) is 0 Å².